The van der Waals surface area contributed by atoms with Crippen molar-refractivity contribution in [2.45, 2.75) is 17.6 Å². The molecule has 0 unspecified atom stereocenters. The molecular weight excluding hydrogens is 317 g/mol. The number of sulfonamides is 1. The molecule has 2 rings (SSSR count). The molecule has 0 radical (unpaired) electrons. The first-order valence-electron chi connectivity index (χ1n) is 6.20. The molecular formula is C14H13F3N2O2S. The van der Waals surface area contributed by atoms with Gasteiger partial charge in [-0.1, -0.05) is 18.2 Å². The number of nitrogens with one attached hydrogen (secondary N) is 1. The molecule has 22 heavy (non-hydrogen) atoms. The zero-order chi connectivity index (χ0) is 16.4. The first kappa shape index (κ1) is 16.3. The zero-order valence-electron chi connectivity index (χ0n) is 11.3. The molecule has 0 atom stereocenters. The second kappa shape index (κ2) is 5.98. The summed E-state index contributed by atoms with van der Waals surface area (Å²) in [6, 6.07) is 9.99. The molecule has 0 saturated heterocycles. The predicted octanol–water partition coefficient (Wildman–Crippen LogP) is 2.77. The van der Waals surface area contributed by atoms with Gasteiger partial charge in [-0.3, -0.25) is 0 Å². The summed E-state index contributed by atoms with van der Waals surface area (Å²) in [5.74, 6) is 0. The van der Waals surface area contributed by atoms with Crippen LogP contribution in [0.2, 0.25) is 0 Å². The van der Waals surface area contributed by atoms with E-state index in [4.69, 9.17) is 5.73 Å². The van der Waals surface area contributed by atoms with E-state index >= 15 is 0 Å². The SMILES string of the molecule is Nc1ccc(S(=O)(=O)NCc2cccc(C(F)(F)F)c2)cc1. The summed E-state index contributed by atoms with van der Waals surface area (Å²) in [7, 11) is -3.81. The summed E-state index contributed by atoms with van der Waals surface area (Å²) in [4.78, 5) is -0.00586. The van der Waals surface area contributed by atoms with Crippen LogP contribution < -0.4 is 10.5 Å². The first-order chi connectivity index (χ1) is 10.2. The van der Waals surface area contributed by atoms with E-state index in [-0.39, 0.29) is 17.0 Å². The molecule has 118 valence electrons. The maximum atomic E-state index is 12.6. The molecule has 0 aliphatic carbocycles. The molecule has 0 amide bonds. The van der Waals surface area contributed by atoms with Crippen LogP contribution in [0.25, 0.3) is 0 Å². The Morgan fingerprint density at radius 3 is 2.27 bits per heavy atom. The average Bonchev–Trinajstić information content (AvgIpc) is 2.45. The lowest BCUT2D eigenvalue weighted by atomic mass is 10.1. The topological polar surface area (TPSA) is 72.2 Å². The summed E-state index contributed by atoms with van der Waals surface area (Å²) in [5, 5.41) is 0. The fraction of sp³-hybridized carbons (Fsp3) is 0.143. The number of hydrogen-bond donors (Lipinski definition) is 2. The molecule has 0 saturated carbocycles. The van der Waals surface area contributed by atoms with Crippen LogP contribution in [0.3, 0.4) is 0 Å². The number of anilines is 1. The highest BCUT2D eigenvalue weighted by molar-refractivity contribution is 7.89. The van der Waals surface area contributed by atoms with Crippen LogP contribution in [-0.4, -0.2) is 8.42 Å². The van der Waals surface area contributed by atoms with Gasteiger partial charge in [-0.2, -0.15) is 13.2 Å². The lowest BCUT2D eigenvalue weighted by Crippen LogP contribution is -2.23. The number of halogens is 3. The maximum Gasteiger partial charge on any atom is 0.416 e. The molecule has 0 fully saturated rings. The van der Waals surface area contributed by atoms with Gasteiger partial charge in [0.2, 0.25) is 10.0 Å². The number of benzene rings is 2. The van der Waals surface area contributed by atoms with Crippen LogP contribution in [-0.2, 0) is 22.7 Å². The smallest absolute Gasteiger partial charge is 0.399 e. The quantitative estimate of drug-likeness (QED) is 0.847. The lowest BCUT2D eigenvalue weighted by Gasteiger charge is -2.10. The van der Waals surface area contributed by atoms with Crippen LogP contribution in [0.4, 0.5) is 18.9 Å². The van der Waals surface area contributed by atoms with E-state index in [1.165, 1.54) is 36.4 Å². The van der Waals surface area contributed by atoms with Gasteiger partial charge in [-0.15, -0.1) is 0 Å². The van der Waals surface area contributed by atoms with Crippen molar-refractivity contribution in [1.29, 1.82) is 0 Å². The van der Waals surface area contributed by atoms with E-state index in [0.717, 1.165) is 12.1 Å². The number of nitrogens with two attached hydrogens (primary N) is 1. The summed E-state index contributed by atoms with van der Waals surface area (Å²) in [5.41, 5.74) is 5.28. The van der Waals surface area contributed by atoms with Gasteiger partial charge in [0.1, 0.15) is 0 Å². The normalized spacial score (nSPS) is 12.3. The van der Waals surface area contributed by atoms with Crippen molar-refractivity contribution < 1.29 is 21.6 Å². The first-order valence-corrected chi connectivity index (χ1v) is 7.68. The molecule has 8 heteroatoms. The van der Waals surface area contributed by atoms with Crippen molar-refractivity contribution in [2.24, 2.45) is 0 Å². The number of alkyl halides is 3. The van der Waals surface area contributed by atoms with Gasteiger partial charge in [0.15, 0.2) is 0 Å². The molecule has 3 N–H and O–H groups in total. The Morgan fingerprint density at radius 1 is 1.05 bits per heavy atom. The summed E-state index contributed by atoms with van der Waals surface area (Å²) in [6.45, 7) is -0.239. The predicted molar refractivity (Wildman–Crippen MR) is 76.3 cm³/mol. The summed E-state index contributed by atoms with van der Waals surface area (Å²) >= 11 is 0. The van der Waals surface area contributed by atoms with Gasteiger partial charge < -0.3 is 5.73 Å². The third kappa shape index (κ3) is 3.99. The standard InChI is InChI=1S/C14H13F3N2O2S/c15-14(16,17)11-3-1-2-10(8-11)9-19-22(20,21)13-6-4-12(18)5-7-13/h1-8,19H,9,18H2. The van der Waals surface area contributed by atoms with E-state index in [0.29, 0.717) is 5.69 Å². The number of hydrogen-bond acceptors (Lipinski definition) is 3. The molecule has 0 aromatic heterocycles. The number of rotatable bonds is 4. The molecule has 2 aromatic rings. The Labute approximate surface area is 125 Å². The van der Waals surface area contributed by atoms with Crippen molar-refractivity contribution in [2.75, 3.05) is 5.73 Å². The Bertz CT molecular complexity index is 756. The molecule has 0 spiro atoms. The molecule has 4 nitrogen and oxygen atoms in total. The minimum absolute atomic E-state index is 0.00586. The van der Waals surface area contributed by atoms with E-state index in [2.05, 4.69) is 4.72 Å². The van der Waals surface area contributed by atoms with Crippen LogP contribution in [0.5, 0.6) is 0 Å². The molecule has 0 aliphatic rings. The third-order valence-electron chi connectivity index (χ3n) is 2.91. The van der Waals surface area contributed by atoms with Crippen LogP contribution in [0.15, 0.2) is 53.4 Å². The number of nitrogen functional groups attached to an aromatic ring is 1. The molecule has 2 aromatic carbocycles. The minimum atomic E-state index is -4.47. The Morgan fingerprint density at radius 2 is 1.68 bits per heavy atom. The average molecular weight is 330 g/mol. The van der Waals surface area contributed by atoms with Gasteiger partial charge >= 0.3 is 6.18 Å². The Balaban J connectivity index is 2.14. The largest absolute Gasteiger partial charge is 0.416 e. The van der Waals surface area contributed by atoms with Crippen LogP contribution in [0, 0.1) is 0 Å². The van der Waals surface area contributed by atoms with Crippen molar-refractivity contribution in [3.05, 3.63) is 59.7 Å². The highest BCUT2D eigenvalue weighted by Gasteiger charge is 2.30. The molecule has 0 aliphatic heterocycles. The summed E-state index contributed by atoms with van der Waals surface area (Å²) < 4.78 is 64.1. The van der Waals surface area contributed by atoms with Crippen LogP contribution >= 0.6 is 0 Å². The Kier molecular flexibility index (Phi) is 4.43. The van der Waals surface area contributed by atoms with E-state index in [9.17, 15) is 21.6 Å². The fourth-order valence-electron chi connectivity index (χ4n) is 1.77. The van der Waals surface area contributed by atoms with E-state index in [1.54, 1.807) is 0 Å². The highest BCUT2D eigenvalue weighted by Crippen LogP contribution is 2.29. The molecule has 0 bridgehead atoms. The van der Waals surface area contributed by atoms with Gasteiger partial charge in [-0.05, 0) is 35.9 Å². The van der Waals surface area contributed by atoms with E-state index < -0.39 is 21.8 Å². The highest BCUT2D eigenvalue weighted by atomic mass is 32.2. The van der Waals surface area contributed by atoms with Crippen molar-refractivity contribution in [3.63, 3.8) is 0 Å². The van der Waals surface area contributed by atoms with E-state index in [1.807, 2.05) is 0 Å². The fourth-order valence-corrected chi connectivity index (χ4v) is 2.78. The van der Waals surface area contributed by atoms with Crippen molar-refractivity contribution in [1.82, 2.24) is 4.72 Å². The second-order valence-electron chi connectivity index (χ2n) is 4.59. The third-order valence-corrected chi connectivity index (χ3v) is 4.33. The Hall–Kier alpha value is -2.06. The minimum Gasteiger partial charge on any atom is -0.399 e. The van der Waals surface area contributed by atoms with Crippen molar-refractivity contribution in [3.8, 4) is 0 Å². The van der Waals surface area contributed by atoms with Gasteiger partial charge in [0, 0.05) is 12.2 Å². The maximum absolute atomic E-state index is 12.6. The van der Waals surface area contributed by atoms with Gasteiger partial charge in [-0.25, -0.2) is 13.1 Å². The monoisotopic (exact) mass is 330 g/mol. The lowest BCUT2D eigenvalue weighted by molar-refractivity contribution is -0.137. The van der Waals surface area contributed by atoms with Gasteiger partial charge in [0.25, 0.3) is 0 Å². The molecule has 0 heterocycles. The zero-order valence-corrected chi connectivity index (χ0v) is 12.1. The van der Waals surface area contributed by atoms with Crippen molar-refractivity contribution >= 4 is 15.7 Å². The second-order valence-corrected chi connectivity index (χ2v) is 6.36. The van der Waals surface area contributed by atoms with Crippen LogP contribution in [0.1, 0.15) is 11.1 Å². The van der Waals surface area contributed by atoms with Gasteiger partial charge in [0.05, 0.1) is 10.5 Å². The summed E-state index contributed by atoms with van der Waals surface area (Å²) in [6.07, 6.45) is -4.47.